The van der Waals surface area contributed by atoms with Gasteiger partial charge in [-0.05, 0) is 68.3 Å². The zero-order valence-electron chi connectivity index (χ0n) is 15.5. The molecule has 6 heteroatoms. The van der Waals surface area contributed by atoms with Crippen molar-refractivity contribution in [1.82, 2.24) is 0 Å². The largest absolute Gasteiger partial charge is 0.497 e. The molecule has 0 amide bonds. The van der Waals surface area contributed by atoms with Gasteiger partial charge in [-0.2, -0.15) is 0 Å². The normalized spacial score (nSPS) is 12.0. The number of carboxylic acid groups (broad SMARTS) is 1. The first-order valence-corrected chi connectivity index (χ1v) is 8.43. The van der Waals surface area contributed by atoms with Gasteiger partial charge in [0.05, 0.1) is 12.5 Å². The predicted molar refractivity (Wildman–Crippen MR) is 102 cm³/mol. The van der Waals surface area contributed by atoms with Gasteiger partial charge < -0.3 is 19.0 Å². The van der Waals surface area contributed by atoms with E-state index in [0.717, 1.165) is 11.1 Å². The number of carbonyl (C=O) groups is 1. The molecule has 3 aromatic rings. The fraction of sp³-hybridized carbons (Fsp3) is 0.238. The first-order chi connectivity index (χ1) is 12.8. The minimum Gasteiger partial charge on any atom is -0.497 e. The van der Waals surface area contributed by atoms with Crippen LogP contribution in [0.5, 0.6) is 11.5 Å². The van der Waals surface area contributed by atoms with Gasteiger partial charge in [0, 0.05) is 5.56 Å². The van der Waals surface area contributed by atoms with E-state index in [1.165, 1.54) is 6.92 Å². The smallest absolute Gasteiger partial charge is 0.344 e. The van der Waals surface area contributed by atoms with Crippen LogP contribution in [-0.2, 0) is 4.79 Å². The van der Waals surface area contributed by atoms with Crippen LogP contribution >= 0.6 is 0 Å². The van der Waals surface area contributed by atoms with Gasteiger partial charge in [0.2, 0.25) is 11.2 Å². The summed E-state index contributed by atoms with van der Waals surface area (Å²) in [6.07, 6.45) is -1.20. The molecule has 140 valence electrons. The van der Waals surface area contributed by atoms with E-state index in [0.29, 0.717) is 22.3 Å². The minimum atomic E-state index is -1.20. The molecule has 0 radical (unpaired) electrons. The number of benzene rings is 2. The summed E-state index contributed by atoms with van der Waals surface area (Å²) < 4.78 is 16.6. The Morgan fingerprint density at radius 3 is 2.33 bits per heavy atom. The van der Waals surface area contributed by atoms with Gasteiger partial charge in [-0.1, -0.05) is 0 Å². The summed E-state index contributed by atoms with van der Waals surface area (Å²) >= 11 is 0. The second kappa shape index (κ2) is 7.15. The molecule has 1 aromatic heterocycles. The van der Waals surface area contributed by atoms with Crippen LogP contribution in [0.15, 0.2) is 45.6 Å². The lowest BCUT2D eigenvalue weighted by Crippen LogP contribution is -2.26. The zero-order valence-corrected chi connectivity index (χ0v) is 15.5. The monoisotopic (exact) mass is 368 g/mol. The van der Waals surface area contributed by atoms with Crippen LogP contribution in [0, 0.1) is 13.8 Å². The number of fused-ring (bicyclic) bond motifs is 1. The molecule has 6 nitrogen and oxygen atoms in total. The van der Waals surface area contributed by atoms with E-state index in [1.54, 1.807) is 43.5 Å². The van der Waals surface area contributed by atoms with Crippen LogP contribution < -0.4 is 14.9 Å². The standard InChI is InChI=1S/C21H20O6/c1-11-9-16-17(10-12(11)2)27-19(14-5-7-15(25-4)8-6-14)20(18(16)22)26-13(3)21(23)24/h5-10,13H,1-4H3,(H,23,24). The Morgan fingerprint density at radius 2 is 1.74 bits per heavy atom. The van der Waals surface area contributed by atoms with Gasteiger partial charge >= 0.3 is 5.97 Å². The van der Waals surface area contributed by atoms with Crippen molar-refractivity contribution >= 4 is 16.9 Å². The molecule has 1 atom stereocenters. The molecule has 1 N–H and O–H groups in total. The Morgan fingerprint density at radius 1 is 1.11 bits per heavy atom. The Hall–Kier alpha value is -3.28. The van der Waals surface area contributed by atoms with Crippen molar-refractivity contribution in [2.45, 2.75) is 26.9 Å². The van der Waals surface area contributed by atoms with Gasteiger partial charge in [-0.25, -0.2) is 4.79 Å². The van der Waals surface area contributed by atoms with Crippen LogP contribution in [0.3, 0.4) is 0 Å². The molecule has 0 aliphatic heterocycles. The third-order valence-corrected chi connectivity index (χ3v) is 4.46. The van der Waals surface area contributed by atoms with Gasteiger partial charge in [0.15, 0.2) is 11.9 Å². The van der Waals surface area contributed by atoms with Gasteiger partial charge in [-0.15, -0.1) is 0 Å². The molecule has 0 saturated heterocycles. The van der Waals surface area contributed by atoms with Crippen molar-refractivity contribution in [1.29, 1.82) is 0 Å². The summed E-state index contributed by atoms with van der Waals surface area (Å²) in [5, 5.41) is 9.53. The first-order valence-electron chi connectivity index (χ1n) is 8.43. The summed E-state index contributed by atoms with van der Waals surface area (Å²) in [6, 6.07) is 10.4. The fourth-order valence-electron chi connectivity index (χ4n) is 2.70. The molecular weight excluding hydrogens is 348 g/mol. The Labute approximate surface area is 156 Å². The molecule has 2 aromatic carbocycles. The first kappa shape index (κ1) is 18.5. The van der Waals surface area contributed by atoms with E-state index in [2.05, 4.69) is 0 Å². The maximum atomic E-state index is 13.1. The van der Waals surface area contributed by atoms with E-state index < -0.39 is 17.5 Å². The van der Waals surface area contributed by atoms with E-state index >= 15 is 0 Å². The Kier molecular flexibility index (Phi) is 4.90. The summed E-state index contributed by atoms with van der Waals surface area (Å²) in [6.45, 7) is 5.19. The lowest BCUT2D eigenvalue weighted by atomic mass is 10.0. The number of hydrogen-bond donors (Lipinski definition) is 1. The van der Waals surface area contributed by atoms with Crippen molar-refractivity contribution in [3.05, 3.63) is 57.7 Å². The van der Waals surface area contributed by atoms with Gasteiger partial charge in [-0.3, -0.25) is 4.79 Å². The van der Waals surface area contributed by atoms with Crippen molar-refractivity contribution in [2.24, 2.45) is 0 Å². The molecule has 3 rings (SSSR count). The van der Waals surface area contributed by atoms with Crippen LogP contribution in [0.4, 0.5) is 0 Å². The van der Waals surface area contributed by atoms with Crippen LogP contribution in [0.1, 0.15) is 18.1 Å². The summed E-state index contributed by atoms with van der Waals surface area (Å²) in [5.41, 5.74) is 2.52. The zero-order chi connectivity index (χ0) is 19.7. The van der Waals surface area contributed by atoms with E-state index in [1.807, 2.05) is 13.8 Å². The van der Waals surface area contributed by atoms with Gasteiger partial charge in [0.25, 0.3) is 0 Å². The van der Waals surface area contributed by atoms with Crippen molar-refractivity contribution in [3.8, 4) is 22.8 Å². The third kappa shape index (κ3) is 3.51. The summed E-state index contributed by atoms with van der Waals surface area (Å²) in [4.78, 5) is 24.3. The molecule has 0 aliphatic rings. The van der Waals surface area contributed by atoms with Crippen LogP contribution in [0.2, 0.25) is 0 Å². The number of aryl methyl sites for hydroxylation is 2. The van der Waals surface area contributed by atoms with Crippen molar-refractivity contribution in [2.75, 3.05) is 7.11 Å². The number of methoxy groups -OCH3 is 1. The number of rotatable bonds is 5. The van der Waals surface area contributed by atoms with Crippen LogP contribution in [0.25, 0.3) is 22.3 Å². The molecule has 0 saturated carbocycles. The van der Waals surface area contributed by atoms with Crippen molar-refractivity contribution in [3.63, 3.8) is 0 Å². The molecule has 1 unspecified atom stereocenters. The topological polar surface area (TPSA) is 86.0 Å². The molecule has 27 heavy (non-hydrogen) atoms. The van der Waals surface area contributed by atoms with Gasteiger partial charge in [0.1, 0.15) is 11.3 Å². The van der Waals surface area contributed by atoms with Crippen LogP contribution in [-0.4, -0.2) is 24.3 Å². The number of carboxylic acids is 1. The second-order valence-corrected chi connectivity index (χ2v) is 6.35. The summed E-state index contributed by atoms with van der Waals surface area (Å²) in [7, 11) is 1.55. The molecular formula is C21H20O6. The SMILES string of the molecule is COc1ccc(-c2oc3cc(C)c(C)cc3c(=O)c2OC(C)C(=O)O)cc1. The Balaban J connectivity index is 2.29. The molecule has 1 heterocycles. The minimum absolute atomic E-state index is 0.120. The lowest BCUT2D eigenvalue weighted by molar-refractivity contribution is -0.144. The number of ether oxygens (including phenoxy) is 2. The maximum Gasteiger partial charge on any atom is 0.344 e. The fourth-order valence-corrected chi connectivity index (χ4v) is 2.70. The highest BCUT2D eigenvalue weighted by atomic mass is 16.5. The molecule has 0 fully saturated rings. The average molecular weight is 368 g/mol. The quantitative estimate of drug-likeness (QED) is 0.734. The predicted octanol–water partition coefficient (Wildman–Crippen LogP) is 3.94. The lowest BCUT2D eigenvalue weighted by Gasteiger charge is -2.15. The maximum absolute atomic E-state index is 13.1. The van der Waals surface area contributed by atoms with Crippen molar-refractivity contribution < 1.29 is 23.8 Å². The molecule has 0 spiro atoms. The third-order valence-electron chi connectivity index (χ3n) is 4.46. The van der Waals surface area contributed by atoms with E-state index in [9.17, 15) is 14.7 Å². The molecule has 0 bridgehead atoms. The molecule has 0 aliphatic carbocycles. The number of hydrogen-bond acceptors (Lipinski definition) is 5. The highest BCUT2D eigenvalue weighted by Gasteiger charge is 2.23. The Bertz CT molecular complexity index is 1060. The summed E-state index contributed by atoms with van der Waals surface area (Å²) in [5.74, 6) is -0.456. The second-order valence-electron chi connectivity index (χ2n) is 6.35. The number of aliphatic carboxylic acids is 1. The van der Waals surface area contributed by atoms with E-state index in [4.69, 9.17) is 13.9 Å². The average Bonchev–Trinajstić information content (AvgIpc) is 2.65. The van der Waals surface area contributed by atoms with E-state index in [-0.39, 0.29) is 11.5 Å². The highest BCUT2D eigenvalue weighted by molar-refractivity contribution is 5.84. The highest BCUT2D eigenvalue weighted by Crippen LogP contribution is 2.33.